The zero-order chi connectivity index (χ0) is 18.1. The molecule has 6 nitrogen and oxygen atoms in total. The Balaban J connectivity index is 2.38. The molecule has 0 aliphatic heterocycles. The Morgan fingerprint density at radius 3 is 2.38 bits per heavy atom. The van der Waals surface area contributed by atoms with E-state index in [0.717, 1.165) is 22.9 Å². The smallest absolute Gasteiger partial charge is 0.238 e. The molecule has 130 valence electrons. The first-order valence-corrected chi connectivity index (χ1v) is 9.35. The minimum atomic E-state index is -3.72. The topological polar surface area (TPSA) is 89.2 Å². The van der Waals surface area contributed by atoms with Crippen LogP contribution < -0.4 is 10.0 Å². The lowest BCUT2D eigenvalue weighted by atomic mass is 10.1. The summed E-state index contributed by atoms with van der Waals surface area (Å²) in [4.78, 5) is 11.2. The first kappa shape index (κ1) is 18.4. The van der Waals surface area contributed by atoms with E-state index in [1.165, 1.54) is 6.07 Å². The van der Waals surface area contributed by atoms with Crippen molar-refractivity contribution in [1.29, 1.82) is 0 Å². The largest absolute Gasteiger partial charge is 0.353 e. The maximum absolute atomic E-state index is 11.6. The number of hydrogen-bond donors (Lipinski definition) is 1. The summed E-state index contributed by atoms with van der Waals surface area (Å²) in [5.41, 5.74) is 1.76. The van der Waals surface area contributed by atoms with Crippen molar-refractivity contribution in [2.24, 2.45) is 5.14 Å². The van der Waals surface area contributed by atoms with E-state index in [1.807, 2.05) is 37.9 Å². The molecule has 1 atom stereocenters. The molecule has 7 heteroatoms. The van der Waals surface area contributed by atoms with Gasteiger partial charge in [-0.1, -0.05) is 26.0 Å². The zero-order valence-corrected chi connectivity index (χ0v) is 15.5. The molecule has 2 aromatic rings. The van der Waals surface area contributed by atoms with Crippen molar-refractivity contribution in [3.05, 3.63) is 47.4 Å². The van der Waals surface area contributed by atoms with Crippen LogP contribution in [0.2, 0.25) is 0 Å². The van der Waals surface area contributed by atoms with Crippen molar-refractivity contribution in [3.8, 4) is 0 Å². The lowest BCUT2D eigenvalue weighted by Crippen LogP contribution is -2.24. The zero-order valence-electron chi connectivity index (χ0n) is 14.7. The SMILES string of the molecule is Cc1cc(N(C)[C@@H](C)c2cccc(S(N)(=O)=O)c2)nc(C(C)C)n1. The minimum Gasteiger partial charge on any atom is -0.353 e. The molecule has 2 rings (SSSR count). The maximum Gasteiger partial charge on any atom is 0.238 e. The van der Waals surface area contributed by atoms with Gasteiger partial charge < -0.3 is 4.90 Å². The summed E-state index contributed by atoms with van der Waals surface area (Å²) in [6, 6.07) is 8.54. The molecule has 0 aliphatic rings. The summed E-state index contributed by atoms with van der Waals surface area (Å²) in [5.74, 6) is 1.83. The predicted molar refractivity (Wildman–Crippen MR) is 95.5 cm³/mol. The molecule has 0 unspecified atom stereocenters. The van der Waals surface area contributed by atoms with Gasteiger partial charge in [0.05, 0.1) is 10.9 Å². The molecule has 0 spiro atoms. The van der Waals surface area contributed by atoms with Crippen LogP contribution in [-0.4, -0.2) is 25.4 Å². The van der Waals surface area contributed by atoms with Gasteiger partial charge in [0, 0.05) is 24.7 Å². The van der Waals surface area contributed by atoms with Crippen LogP contribution in [0, 0.1) is 6.92 Å². The van der Waals surface area contributed by atoms with E-state index in [0.29, 0.717) is 0 Å². The van der Waals surface area contributed by atoms with Gasteiger partial charge in [-0.15, -0.1) is 0 Å². The van der Waals surface area contributed by atoms with Crippen molar-refractivity contribution in [2.75, 3.05) is 11.9 Å². The van der Waals surface area contributed by atoms with Crippen LogP contribution in [0.1, 0.15) is 49.8 Å². The Morgan fingerprint density at radius 1 is 1.12 bits per heavy atom. The number of nitrogens with two attached hydrogens (primary N) is 1. The summed E-state index contributed by atoms with van der Waals surface area (Å²) in [6.07, 6.45) is 0. The summed E-state index contributed by atoms with van der Waals surface area (Å²) in [7, 11) is -1.79. The number of benzene rings is 1. The summed E-state index contributed by atoms with van der Waals surface area (Å²) >= 11 is 0. The Morgan fingerprint density at radius 2 is 1.79 bits per heavy atom. The molecular weight excluding hydrogens is 324 g/mol. The van der Waals surface area contributed by atoms with Crippen LogP contribution in [0.25, 0.3) is 0 Å². The first-order valence-electron chi connectivity index (χ1n) is 7.80. The fraction of sp³-hybridized carbons (Fsp3) is 0.412. The number of rotatable bonds is 5. The van der Waals surface area contributed by atoms with Gasteiger partial charge in [0.15, 0.2) is 0 Å². The van der Waals surface area contributed by atoms with E-state index < -0.39 is 10.0 Å². The van der Waals surface area contributed by atoms with Gasteiger partial charge in [-0.25, -0.2) is 23.5 Å². The third kappa shape index (κ3) is 4.10. The number of hydrogen-bond acceptors (Lipinski definition) is 5. The van der Waals surface area contributed by atoms with Gasteiger partial charge in [0.25, 0.3) is 0 Å². The van der Waals surface area contributed by atoms with E-state index >= 15 is 0 Å². The average Bonchev–Trinajstić information content (AvgIpc) is 2.52. The molecule has 0 radical (unpaired) electrons. The maximum atomic E-state index is 11.6. The number of aryl methyl sites for hydroxylation is 1. The normalized spacial score (nSPS) is 13.1. The lowest BCUT2D eigenvalue weighted by molar-refractivity contribution is 0.597. The van der Waals surface area contributed by atoms with Gasteiger partial charge in [-0.05, 0) is 31.5 Å². The van der Waals surface area contributed by atoms with E-state index in [2.05, 4.69) is 23.8 Å². The Hall–Kier alpha value is -1.99. The number of anilines is 1. The molecule has 1 heterocycles. The highest BCUT2D eigenvalue weighted by Crippen LogP contribution is 2.26. The number of primary sulfonamides is 1. The Kier molecular flexibility index (Phi) is 5.25. The van der Waals surface area contributed by atoms with Gasteiger partial charge in [0.1, 0.15) is 11.6 Å². The van der Waals surface area contributed by atoms with Gasteiger partial charge in [-0.3, -0.25) is 0 Å². The number of aromatic nitrogens is 2. The molecule has 1 aromatic heterocycles. The molecule has 0 saturated carbocycles. The average molecular weight is 348 g/mol. The highest BCUT2D eigenvalue weighted by molar-refractivity contribution is 7.89. The fourth-order valence-electron chi connectivity index (χ4n) is 2.39. The monoisotopic (exact) mass is 348 g/mol. The van der Waals surface area contributed by atoms with Crippen molar-refractivity contribution in [3.63, 3.8) is 0 Å². The highest BCUT2D eigenvalue weighted by atomic mass is 32.2. The van der Waals surface area contributed by atoms with E-state index in [9.17, 15) is 8.42 Å². The van der Waals surface area contributed by atoms with Crippen LogP contribution >= 0.6 is 0 Å². The van der Waals surface area contributed by atoms with Crippen molar-refractivity contribution in [1.82, 2.24) is 9.97 Å². The highest BCUT2D eigenvalue weighted by Gasteiger charge is 2.18. The van der Waals surface area contributed by atoms with Crippen LogP contribution in [0.5, 0.6) is 0 Å². The van der Waals surface area contributed by atoms with Crippen LogP contribution in [0.4, 0.5) is 5.82 Å². The van der Waals surface area contributed by atoms with Crippen LogP contribution in [0.15, 0.2) is 35.2 Å². The number of nitrogens with zero attached hydrogens (tertiary/aromatic N) is 3. The van der Waals surface area contributed by atoms with Crippen LogP contribution in [0.3, 0.4) is 0 Å². The fourth-order valence-corrected chi connectivity index (χ4v) is 2.96. The second-order valence-corrected chi connectivity index (χ2v) is 7.85. The molecule has 0 saturated heterocycles. The number of sulfonamides is 1. The molecule has 0 amide bonds. The molecule has 24 heavy (non-hydrogen) atoms. The molecule has 1 aromatic carbocycles. The third-order valence-electron chi connectivity index (χ3n) is 3.99. The second-order valence-electron chi connectivity index (χ2n) is 6.28. The Bertz CT molecular complexity index is 834. The quantitative estimate of drug-likeness (QED) is 0.897. The standard InChI is InChI=1S/C17H24N4O2S/c1-11(2)17-19-12(3)9-16(20-17)21(5)13(4)14-7-6-8-15(10-14)24(18,22)23/h6-11,13H,1-5H3,(H2,18,22,23)/t13-/m0/s1. The molecule has 0 fully saturated rings. The van der Waals surface area contributed by atoms with Crippen LogP contribution in [-0.2, 0) is 10.0 Å². The molecule has 0 bridgehead atoms. The predicted octanol–water partition coefficient (Wildman–Crippen LogP) is 2.75. The van der Waals surface area contributed by atoms with E-state index in [-0.39, 0.29) is 16.9 Å². The molecule has 0 aliphatic carbocycles. The first-order chi connectivity index (χ1) is 11.1. The third-order valence-corrected chi connectivity index (χ3v) is 4.90. The van der Waals surface area contributed by atoms with E-state index in [4.69, 9.17) is 5.14 Å². The molecule has 2 N–H and O–H groups in total. The lowest BCUT2D eigenvalue weighted by Gasteiger charge is -2.27. The second kappa shape index (κ2) is 6.86. The minimum absolute atomic E-state index is 0.0685. The summed E-state index contributed by atoms with van der Waals surface area (Å²) in [6.45, 7) is 8.04. The molecular formula is C17H24N4O2S. The van der Waals surface area contributed by atoms with Gasteiger partial charge in [0.2, 0.25) is 10.0 Å². The van der Waals surface area contributed by atoms with Crippen molar-refractivity contribution in [2.45, 2.75) is 44.6 Å². The van der Waals surface area contributed by atoms with Crippen molar-refractivity contribution >= 4 is 15.8 Å². The van der Waals surface area contributed by atoms with Crippen molar-refractivity contribution < 1.29 is 8.42 Å². The Labute approximate surface area is 143 Å². The van der Waals surface area contributed by atoms with E-state index in [1.54, 1.807) is 12.1 Å². The summed E-state index contributed by atoms with van der Waals surface area (Å²) in [5, 5.41) is 5.22. The van der Waals surface area contributed by atoms with Gasteiger partial charge >= 0.3 is 0 Å². The van der Waals surface area contributed by atoms with Gasteiger partial charge in [-0.2, -0.15) is 0 Å². The summed E-state index contributed by atoms with van der Waals surface area (Å²) < 4.78 is 23.1.